The van der Waals surface area contributed by atoms with Crippen molar-refractivity contribution in [2.45, 2.75) is 25.2 Å². The summed E-state index contributed by atoms with van der Waals surface area (Å²) in [6.07, 6.45) is 0.142. The summed E-state index contributed by atoms with van der Waals surface area (Å²) >= 11 is 0. The van der Waals surface area contributed by atoms with E-state index in [1.54, 1.807) is 13.8 Å². The lowest BCUT2D eigenvalue weighted by Gasteiger charge is -2.17. The summed E-state index contributed by atoms with van der Waals surface area (Å²) in [5, 5.41) is 4.98. The third-order valence-electron chi connectivity index (χ3n) is 3.05. The Balaban J connectivity index is 2.39. The molecule has 6 nitrogen and oxygen atoms in total. The molecule has 1 aromatic rings. The first-order chi connectivity index (χ1) is 8.63. The predicted octanol–water partition coefficient (Wildman–Crippen LogP) is 0.624. The van der Waals surface area contributed by atoms with Gasteiger partial charge in [-0.15, -0.1) is 0 Å². The summed E-state index contributed by atoms with van der Waals surface area (Å²) in [5.74, 6) is -0.584. The summed E-state index contributed by atoms with van der Waals surface area (Å²) in [7, 11) is -3.78. The van der Waals surface area contributed by atoms with Crippen molar-refractivity contribution in [3.8, 4) is 0 Å². The van der Waals surface area contributed by atoms with Crippen LogP contribution in [0.1, 0.15) is 20.3 Å². The molecule has 19 heavy (non-hydrogen) atoms. The van der Waals surface area contributed by atoms with Crippen LogP contribution in [0.15, 0.2) is 29.2 Å². The van der Waals surface area contributed by atoms with E-state index in [0.29, 0.717) is 5.69 Å². The molecule has 1 heterocycles. The largest absolute Gasteiger partial charge is 0.274 e. The number of amides is 2. The Morgan fingerprint density at radius 1 is 1.16 bits per heavy atom. The van der Waals surface area contributed by atoms with E-state index in [4.69, 9.17) is 5.14 Å². The Morgan fingerprint density at radius 2 is 1.68 bits per heavy atom. The number of nitrogens with zero attached hydrogens (tertiary/aromatic N) is 1. The molecule has 0 spiro atoms. The molecule has 1 fully saturated rings. The highest BCUT2D eigenvalue weighted by Gasteiger charge is 2.45. The number of carbonyl (C=O) groups is 2. The zero-order valence-electron chi connectivity index (χ0n) is 10.6. The minimum absolute atomic E-state index is 0.0606. The van der Waals surface area contributed by atoms with Crippen LogP contribution in [-0.2, 0) is 19.6 Å². The molecule has 2 amide bonds. The second-order valence-electron chi connectivity index (χ2n) is 5.13. The fourth-order valence-corrected chi connectivity index (χ4v) is 2.51. The number of hydrogen-bond acceptors (Lipinski definition) is 4. The van der Waals surface area contributed by atoms with Crippen molar-refractivity contribution in [3.05, 3.63) is 24.3 Å². The molecule has 0 unspecified atom stereocenters. The Morgan fingerprint density at radius 3 is 2.05 bits per heavy atom. The number of rotatable bonds is 2. The molecule has 0 saturated carbocycles. The van der Waals surface area contributed by atoms with Gasteiger partial charge in [0.05, 0.1) is 16.0 Å². The summed E-state index contributed by atoms with van der Waals surface area (Å²) < 4.78 is 22.3. The first-order valence-electron chi connectivity index (χ1n) is 5.63. The Kier molecular flexibility index (Phi) is 2.98. The van der Waals surface area contributed by atoms with Gasteiger partial charge >= 0.3 is 0 Å². The minimum Gasteiger partial charge on any atom is -0.274 e. The number of anilines is 1. The van der Waals surface area contributed by atoms with Gasteiger partial charge in [0, 0.05) is 6.42 Å². The van der Waals surface area contributed by atoms with Gasteiger partial charge < -0.3 is 0 Å². The molecule has 2 rings (SSSR count). The fraction of sp³-hybridized carbons (Fsp3) is 0.333. The molecule has 102 valence electrons. The van der Waals surface area contributed by atoms with Gasteiger partial charge in [0.15, 0.2) is 0 Å². The maximum absolute atomic E-state index is 12.1. The lowest BCUT2D eigenvalue weighted by molar-refractivity contribution is -0.124. The second-order valence-corrected chi connectivity index (χ2v) is 6.70. The molecule has 1 aromatic carbocycles. The molecular weight excluding hydrogens is 268 g/mol. The summed E-state index contributed by atoms with van der Waals surface area (Å²) in [6, 6.07) is 5.35. The topological polar surface area (TPSA) is 97.5 Å². The van der Waals surface area contributed by atoms with Crippen LogP contribution in [0.5, 0.6) is 0 Å². The van der Waals surface area contributed by atoms with Crippen molar-refractivity contribution in [2.75, 3.05) is 4.90 Å². The third-order valence-corrected chi connectivity index (χ3v) is 3.98. The van der Waals surface area contributed by atoms with Gasteiger partial charge in [-0.25, -0.2) is 13.6 Å². The van der Waals surface area contributed by atoms with Crippen molar-refractivity contribution in [3.63, 3.8) is 0 Å². The maximum Gasteiger partial charge on any atom is 0.239 e. The quantitative estimate of drug-likeness (QED) is 0.804. The molecule has 7 heteroatoms. The predicted molar refractivity (Wildman–Crippen MR) is 68.7 cm³/mol. The van der Waals surface area contributed by atoms with Crippen LogP contribution in [0.2, 0.25) is 0 Å². The van der Waals surface area contributed by atoms with Gasteiger partial charge in [-0.2, -0.15) is 0 Å². The lowest BCUT2D eigenvalue weighted by atomic mass is 9.92. The Hall–Kier alpha value is -1.73. The number of benzene rings is 1. The molecule has 1 aliphatic rings. The van der Waals surface area contributed by atoms with Gasteiger partial charge in [0.2, 0.25) is 21.8 Å². The van der Waals surface area contributed by atoms with Crippen LogP contribution in [-0.4, -0.2) is 20.2 Å². The van der Waals surface area contributed by atoms with Gasteiger partial charge in [-0.1, -0.05) is 13.8 Å². The van der Waals surface area contributed by atoms with E-state index >= 15 is 0 Å². The molecule has 0 atom stereocenters. The fourth-order valence-electron chi connectivity index (χ4n) is 1.99. The van der Waals surface area contributed by atoms with Gasteiger partial charge in [0.25, 0.3) is 0 Å². The molecular formula is C12H14N2O4S. The highest BCUT2D eigenvalue weighted by atomic mass is 32.2. The maximum atomic E-state index is 12.1. The van der Waals surface area contributed by atoms with Gasteiger partial charge in [-0.05, 0) is 24.3 Å². The monoisotopic (exact) mass is 282 g/mol. The summed E-state index contributed by atoms with van der Waals surface area (Å²) in [6.45, 7) is 3.40. The van der Waals surface area contributed by atoms with E-state index in [1.165, 1.54) is 24.3 Å². The molecule has 0 aromatic heterocycles. The number of carbonyl (C=O) groups excluding carboxylic acids is 2. The number of sulfonamides is 1. The number of primary sulfonamides is 1. The number of nitrogens with two attached hydrogens (primary N) is 1. The smallest absolute Gasteiger partial charge is 0.239 e. The Labute approximate surface area is 111 Å². The van der Waals surface area contributed by atoms with E-state index in [-0.39, 0.29) is 23.1 Å². The molecule has 0 aliphatic carbocycles. The highest BCUT2D eigenvalue weighted by molar-refractivity contribution is 7.89. The third kappa shape index (κ3) is 2.39. The van der Waals surface area contributed by atoms with E-state index in [9.17, 15) is 18.0 Å². The van der Waals surface area contributed by atoms with Crippen LogP contribution in [0.3, 0.4) is 0 Å². The zero-order valence-corrected chi connectivity index (χ0v) is 11.4. The van der Waals surface area contributed by atoms with E-state index < -0.39 is 15.4 Å². The van der Waals surface area contributed by atoms with Crippen molar-refractivity contribution in [1.82, 2.24) is 0 Å². The SMILES string of the molecule is CC1(C)CC(=O)N(c2ccc(S(N)(=O)=O)cc2)C1=O. The van der Waals surface area contributed by atoms with Crippen LogP contribution in [0.4, 0.5) is 5.69 Å². The van der Waals surface area contributed by atoms with Crippen LogP contribution < -0.4 is 10.0 Å². The van der Waals surface area contributed by atoms with Gasteiger partial charge in [-0.3, -0.25) is 14.5 Å². The second kappa shape index (κ2) is 4.14. The van der Waals surface area contributed by atoms with Crippen molar-refractivity contribution in [1.29, 1.82) is 0 Å². The normalized spacial score (nSPS) is 19.0. The van der Waals surface area contributed by atoms with Crippen LogP contribution in [0.25, 0.3) is 0 Å². The molecule has 1 saturated heterocycles. The number of imide groups is 1. The summed E-state index contributed by atoms with van der Waals surface area (Å²) in [4.78, 5) is 24.9. The minimum atomic E-state index is -3.78. The van der Waals surface area contributed by atoms with Crippen molar-refractivity contribution in [2.24, 2.45) is 10.6 Å². The van der Waals surface area contributed by atoms with Gasteiger partial charge in [0.1, 0.15) is 0 Å². The van der Waals surface area contributed by atoms with Crippen LogP contribution >= 0.6 is 0 Å². The highest BCUT2D eigenvalue weighted by Crippen LogP contribution is 2.35. The first kappa shape index (κ1) is 13.7. The number of hydrogen-bond donors (Lipinski definition) is 1. The van der Waals surface area contributed by atoms with Crippen molar-refractivity contribution < 1.29 is 18.0 Å². The summed E-state index contributed by atoms with van der Waals surface area (Å²) in [5.41, 5.74) is -0.372. The zero-order chi connectivity index (χ0) is 14.4. The van der Waals surface area contributed by atoms with E-state index in [0.717, 1.165) is 4.90 Å². The van der Waals surface area contributed by atoms with Crippen molar-refractivity contribution >= 4 is 27.5 Å². The lowest BCUT2D eigenvalue weighted by Crippen LogP contribution is -2.32. The standard InChI is InChI=1S/C12H14N2O4S/c1-12(2)7-10(15)14(11(12)16)8-3-5-9(6-4-8)19(13,17)18/h3-6H,7H2,1-2H3,(H2,13,17,18). The first-order valence-corrected chi connectivity index (χ1v) is 7.18. The van der Waals surface area contributed by atoms with E-state index in [2.05, 4.69) is 0 Å². The van der Waals surface area contributed by atoms with E-state index in [1.807, 2.05) is 0 Å². The van der Waals surface area contributed by atoms with Crippen LogP contribution in [0, 0.1) is 5.41 Å². The average Bonchev–Trinajstić information content (AvgIpc) is 2.47. The molecule has 2 N–H and O–H groups in total. The molecule has 0 radical (unpaired) electrons. The average molecular weight is 282 g/mol. The molecule has 0 bridgehead atoms. The Bertz CT molecular complexity index is 647. The molecule has 1 aliphatic heterocycles.